The number of sulfonamides is 1. The van der Waals surface area contributed by atoms with Gasteiger partial charge in [0.2, 0.25) is 10.0 Å². The monoisotopic (exact) mass is 313 g/mol. The van der Waals surface area contributed by atoms with E-state index >= 15 is 0 Å². The van der Waals surface area contributed by atoms with Crippen LogP contribution in [0.2, 0.25) is 0 Å². The van der Waals surface area contributed by atoms with Crippen LogP contribution in [0.1, 0.15) is 47.0 Å². The molecule has 0 aliphatic carbocycles. The average molecular weight is 313 g/mol. The molecule has 0 aromatic carbocycles. The summed E-state index contributed by atoms with van der Waals surface area (Å²) in [6.07, 6.45) is 4.08. The van der Waals surface area contributed by atoms with Gasteiger partial charge in [0.25, 0.3) is 0 Å². The largest absolute Gasteiger partial charge is 0.370 e. The van der Waals surface area contributed by atoms with Crippen LogP contribution in [0.5, 0.6) is 0 Å². The summed E-state index contributed by atoms with van der Waals surface area (Å²) >= 11 is 0. The van der Waals surface area contributed by atoms with Crippen molar-refractivity contribution in [1.29, 1.82) is 0 Å². The lowest BCUT2D eigenvalue weighted by Gasteiger charge is -2.27. The quantitative estimate of drug-likeness (QED) is 0.761. The fourth-order valence-corrected chi connectivity index (χ4v) is 3.74. The van der Waals surface area contributed by atoms with Gasteiger partial charge in [-0.2, -0.15) is 4.31 Å². The van der Waals surface area contributed by atoms with Crippen LogP contribution >= 0.6 is 0 Å². The third-order valence-electron chi connectivity index (χ3n) is 3.52. The molecule has 0 bridgehead atoms. The number of anilines is 1. The van der Waals surface area contributed by atoms with Crippen molar-refractivity contribution in [2.24, 2.45) is 0 Å². The smallest absolute Gasteiger partial charge is 0.244 e. The highest BCUT2D eigenvalue weighted by Crippen LogP contribution is 2.20. The summed E-state index contributed by atoms with van der Waals surface area (Å²) in [5.41, 5.74) is 0. The molecule has 120 valence electrons. The first-order valence-corrected chi connectivity index (χ1v) is 9.13. The summed E-state index contributed by atoms with van der Waals surface area (Å²) in [5.74, 6) is 0.695. The molecule has 0 saturated carbocycles. The van der Waals surface area contributed by atoms with Gasteiger partial charge in [0.05, 0.1) is 0 Å². The van der Waals surface area contributed by atoms with Crippen LogP contribution in [0.25, 0.3) is 0 Å². The van der Waals surface area contributed by atoms with Crippen molar-refractivity contribution in [2.75, 3.05) is 18.4 Å². The zero-order valence-corrected chi connectivity index (χ0v) is 14.3. The van der Waals surface area contributed by atoms with Crippen LogP contribution in [-0.4, -0.2) is 36.8 Å². The van der Waals surface area contributed by atoms with Crippen LogP contribution < -0.4 is 5.32 Å². The summed E-state index contributed by atoms with van der Waals surface area (Å²) in [4.78, 5) is 4.43. The van der Waals surface area contributed by atoms with Crippen molar-refractivity contribution in [3.05, 3.63) is 18.3 Å². The standard InChI is InChI=1S/C15H27N3O2S/c1-5-8-11-18(13(4)6-2)21(19,20)14-9-10-15(16-7-3)17-12-14/h9-10,12-13H,5-8,11H2,1-4H3,(H,16,17). The number of aromatic nitrogens is 1. The minimum Gasteiger partial charge on any atom is -0.370 e. The summed E-state index contributed by atoms with van der Waals surface area (Å²) in [6.45, 7) is 9.31. The summed E-state index contributed by atoms with van der Waals surface area (Å²) in [5, 5.41) is 3.06. The van der Waals surface area contributed by atoms with Gasteiger partial charge in [0.1, 0.15) is 10.7 Å². The van der Waals surface area contributed by atoms with E-state index < -0.39 is 10.0 Å². The van der Waals surface area contributed by atoms with Crippen LogP contribution in [0.3, 0.4) is 0 Å². The van der Waals surface area contributed by atoms with E-state index in [-0.39, 0.29) is 10.9 Å². The van der Waals surface area contributed by atoms with Gasteiger partial charge < -0.3 is 5.32 Å². The van der Waals surface area contributed by atoms with E-state index in [1.807, 2.05) is 20.8 Å². The molecule has 1 aromatic heterocycles. The number of hydrogen-bond acceptors (Lipinski definition) is 4. The van der Waals surface area contributed by atoms with Gasteiger partial charge in [-0.25, -0.2) is 13.4 Å². The molecule has 21 heavy (non-hydrogen) atoms. The van der Waals surface area contributed by atoms with Crippen LogP contribution in [0.4, 0.5) is 5.82 Å². The Balaban J connectivity index is 3.03. The van der Waals surface area contributed by atoms with Gasteiger partial charge >= 0.3 is 0 Å². The van der Waals surface area contributed by atoms with E-state index in [0.29, 0.717) is 12.4 Å². The SMILES string of the molecule is CCCCN(C(C)CC)S(=O)(=O)c1ccc(NCC)nc1. The average Bonchev–Trinajstić information content (AvgIpc) is 2.48. The molecule has 6 heteroatoms. The van der Waals surface area contributed by atoms with Gasteiger partial charge in [0.15, 0.2) is 0 Å². The topological polar surface area (TPSA) is 62.3 Å². The number of rotatable bonds is 9. The van der Waals surface area contributed by atoms with Gasteiger partial charge in [-0.3, -0.25) is 0 Å². The van der Waals surface area contributed by atoms with Crippen LogP contribution in [-0.2, 0) is 10.0 Å². The highest BCUT2D eigenvalue weighted by atomic mass is 32.2. The van der Waals surface area contributed by atoms with Crippen molar-refractivity contribution in [1.82, 2.24) is 9.29 Å². The Morgan fingerprint density at radius 1 is 1.29 bits per heavy atom. The van der Waals surface area contributed by atoms with E-state index in [9.17, 15) is 8.42 Å². The predicted octanol–water partition coefficient (Wildman–Crippen LogP) is 3.10. The van der Waals surface area contributed by atoms with Gasteiger partial charge in [-0.1, -0.05) is 20.3 Å². The molecule has 5 nitrogen and oxygen atoms in total. The van der Waals surface area contributed by atoms with Gasteiger partial charge in [-0.05, 0) is 38.8 Å². The highest BCUT2D eigenvalue weighted by Gasteiger charge is 2.27. The van der Waals surface area contributed by atoms with Crippen molar-refractivity contribution in [3.63, 3.8) is 0 Å². The van der Waals surface area contributed by atoms with E-state index in [1.54, 1.807) is 16.4 Å². The lowest BCUT2D eigenvalue weighted by Crippen LogP contribution is -2.39. The Kier molecular flexibility index (Phi) is 7.11. The van der Waals surface area contributed by atoms with E-state index in [0.717, 1.165) is 25.8 Å². The molecule has 1 unspecified atom stereocenters. The predicted molar refractivity (Wildman–Crippen MR) is 87.0 cm³/mol. The minimum absolute atomic E-state index is 0.00464. The normalized spacial score (nSPS) is 13.4. The maximum Gasteiger partial charge on any atom is 0.244 e. The fraction of sp³-hybridized carbons (Fsp3) is 0.667. The summed E-state index contributed by atoms with van der Waals surface area (Å²) in [6, 6.07) is 3.34. The molecule has 0 radical (unpaired) electrons. The van der Waals surface area contributed by atoms with Crippen molar-refractivity contribution in [2.45, 2.75) is 57.9 Å². The molecule has 1 heterocycles. The van der Waals surface area contributed by atoms with Crippen molar-refractivity contribution in [3.8, 4) is 0 Å². The first kappa shape index (κ1) is 17.9. The third-order valence-corrected chi connectivity index (χ3v) is 5.51. The molecular formula is C15H27N3O2S. The Labute approximate surface area is 128 Å². The van der Waals surface area contributed by atoms with E-state index in [4.69, 9.17) is 0 Å². The van der Waals surface area contributed by atoms with Gasteiger partial charge in [0, 0.05) is 25.3 Å². The molecule has 0 saturated heterocycles. The number of nitrogens with zero attached hydrogens (tertiary/aromatic N) is 2. The fourth-order valence-electron chi connectivity index (χ4n) is 2.05. The third kappa shape index (κ3) is 4.68. The molecule has 0 aliphatic rings. The molecule has 0 amide bonds. The Morgan fingerprint density at radius 2 is 2.00 bits per heavy atom. The lowest BCUT2D eigenvalue weighted by molar-refractivity contribution is 0.324. The second-order valence-corrected chi connectivity index (χ2v) is 7.03. The zero-order valence-electron chi connectivity index (χ0n) is 13.5. The Morgan fingerprint density at radius 3 is 2.48 bits per heavy atom. The van der Waals surface area contributed by atoms with Crippen LogP contribution in [0.15, 0.2) is 23.2 Å². The maximum atomic E-state index is 12.8. The molecule has 1 N–H and O–H groups in total. The highest BCUT2D eigenvalue weighted by molar-refractivity contribution is 7.89. The number of pyridine rings is 1. The Hall–Kier alpha value is -1.14. The van der Waals surface area contributed by atoms with E-state index in [1.165, 1.54) is 6.20 Å². The van der Waals surface area contributed by atoms with Crippen molar-refractivity contribution < 1.29 is 8.42 Å². The minimum atomic E-state index is -3.47. The lowest BCUT2D eigenvalue weighted by atomic mass is 10.2. The van der Waals surface area contributed by atoms with Crippen molar-refractivity contribution >= 4 is 15.8 Å². The Bertz CT molecular complexity index is 514. The molecule has 1 aromatic rings. The zero-order chi connectivity index (χ0) is 15.9. The molecule has 0 spiro atoms. The van der Waals surface area contributed by atoms with E-state index in [2.05, 4.69) is 17.2 Å². The maximum absolute atomic E-state index is 12.8. The number of nitrogens with one attached hydrogen (secondary N) is 1. The summed E-state index contributed by atoms with van der Waals surface area (Å²) < 4.78 is 27.1. The molecule has 1 rings (SSSR count). The second kappa shape index (κ2) is 8.34. The molecule has 0 aliphatic heterocycles. The molecule has 1 atom stereocenters. The number of hydrogen-bond donors (Lipinski definition) is 1. The second-order valence-electron chi connectivity index (χ2n) is 5.14. The first-order valence-electron chi connectivity index (χ1n) is 7.69. The summed E-state index contributed by atoms with van der Waals surface area (Å²) in [7, 11) is -3.47. The van der Waals surface area contributed by atoms with Crippen LogP contribution in [0, 0.1) is 0 Å². The number of unbranched alkanes of at least 4 members (excludes halogenated alkanes) is 1. The molecular weight excluding hydrogens is 286 g/mol. The first-order chi connectivity index (χ1) is 9.97. The van der Waals surface area contributed by atoms with Gasteiger partial charge in [-0.15, -0.1) is 0 Å². The molecule has 0 fully saturated rings.